The third-order valence-electron chi connectivity index (χ3n) is 3.45. The average molecular weight is 258 g/mol. The molecule has 100 valence electrons. The van der Waals surface area contributed by atoms with E-state index in [9.17, 15) is 4.39 Å². The first-order chi connectivity index (χ1) is 9.21. The van der Waals surface area contributed by atoms with E-state index in [1.807, 2.05) is 6.07 Å². The molecule has 2 rings (SSSR count). The Hall–Kier alpha value is -1.83. The van der Waals surface area contributed by atoms with Crippen LogP contribution in [-0.4, -0.2) is 7.11 Å². The van der Waals surface area contributed by atoms with E-state index in [2.05, 4.69) is 26.0 Å². The van der Waals surface area contributed by atoms with Gasteiger partial charge in [-0.25, -0.2) is 4.39 Å². The molecule has 0 saturated heterocycles. The van der Waals surface area contributed by atoms with Gasteiger partial charge in [-0.05, 0) is 41.7 Å². The summed E-state index contributed by atoms with van der Waals surface area (Å²) >= 11 is 0. The minimum atomic E-state index is -0.245. The molecule has 0 aliphatic heterocycles. The molecule has 0 heterocycles. The van der Waals surface area contributed by atoms with Crippen molar-refractivity contribution in [2.24, 2.45) is 0 Å². The second-order valence-electron chi connectivity index (χ2n) is 4.51. The van der Waals surface area contributed by atoms with Crippen LogP contribution in [0.25, 0.3) is 11.1 Å². The largest absolute Gasteiger partial charge is 0.496 e. The highest BCUT2D eigenvalue weighted by molar-refractivity contribution is 5.72. The number of rotatable bonds is 4. The lowest BCUT2D eigenvalue weighted by Gasteiger charge is -2.13. The Morgan fingerprint density at radius 1 is 1.00 bits per heavy atom. The monoisotopic (exact) mass is 258 g/mol. The molecule has 0 saturated carbocycles. The van der Waals surface area contributed by atoms with E-state index >= 15 is 0 Å². The smallest absolute Gasteiger partial charge is 0.134 e. The van der Waals surface area contributed by atoms with Crippen molar-refractivity contribution in [3.05, 3.63) is 53.3 Å². The molecule has 0 unspecified atom stereocenters. The molecule has 2 aromatic carbocycles. The molecule has 0 radical (unpaired) electrons. The summed E-state index contributed by atoms with van der Waals surface area (Å²) in [5.74, 6) is 0.331. The number of methoxy groups -OCH3 is 1. The minimum absolute atomic E-state index is 0.245. The highest BCUT2D eigenvalue weighted by atomic mass is 19.1. The summed E-state index contributed by atoms with van der Waals surface area (Å²) < 4.78 is 19.3. The fourth-order valence-electron chi connectivity index (χ4n) is 2.41. The van der Waals surface area contributed by atoms with Gasteiger partial charge in [-0.2, -0.15) is 0 Å². The summed E-state index contributed by atoms with van der Waals surface area (Å²) in [6.45, 7) is 4.26. The molecule has 0 amide bonds. The molecule has 2 aromatic rings. The van der Waals surface area contributed by atoms with Crippen molar-refractivity contribution < 1.29 is 9.13 Å². The van der Waals surface area contributed by atoms with Gasteiger partial charge in [0.2, 0.25) is 0 Å². The third kappa shape index (κ3) is 2.62. The van der Waals surface area contributed by atoms with Crippen LogP contribution in [0.5, 0.6) is 5.75 Å². The van der Waals surface area contributed by atoms with Crippen LogP contribution in [0.3, 0.4) is 0 Å². The van der Waals surface area contributed by atoms with Crippen LogP contribution in [0.15, 0.2) is 36.4 Å². The lowest BCUT2D eigenvalue weighted by atomic mass is 9.96. The zero-order chi connectivity index (χ0) is 13.8. The van der Waals surface area contributed by atoms with Crippen molar-refractivity contribution in [2.45, 2.75) is 26.7 Å². The summed E-state index contributed by atoms with van der Waals surface area (Å²) in [7, 11) is 1.57. The predicted molar refractivity (Wildman–Crippen MR) is 77.1 cm³/mol. The molecule has 0 spiro atoms. The molecule has 0 atom stereocenters. The maximum absolute atomic E-state index is 14.1. The van der Waals surface area contributed by atoms with Gasteiger partial charge < -0.3 is 4.74 Å². The molecule has 0 aliphatic rings. The van der Waals surface area contributed by atoms with Crippen LogP contribution in [0.4, 0.5) is 4.39 Å². The highest BCUT2D eigenvalue weighted by Gasteiger charge is 2.12. The third-order valence-corrected chi connectivity index (χ3v) is 3.45. The van der Waals surface area contributed by atoms with Gasteiger partial charge in [-0.3, -0.25) is 0 Å². The average Bonchev–Trinajstić information content (AvgIpc) is 2.46. The Balaban J connectivity index is 2.59. The first-order valence-electron chi connectivity index (χ1n) is 6.65. The van der Waals surface area contributed by atoms with Gasteiger partial charge in [0.15, 0.2) is 0 Å². The van der Waals surface area contributed by atoms with Crippen molar-refractivity contribution in [3.63, 3.8) is 0 Å². The van der Waals surface area contributed by atoms with Crippen molar-refractivity contribution >= 4 is 0 Å². The second kappa shape index (κ2) is 5.87. The van der Waals surface area contributed by atoms with E-state index in [1.54, 1.807) is 19.2 Å². The molecule has 0 fully saturated rings. The number of hydrogen-bond acceptors (Lipinski definition) is 1. The molecule has 0 N–H and O–H groups in total. The van der Waals surface area contributed by atoms with Crippen molar-refractivity contribution in [1.82, 2.24) is 0 Å². The van der Waals surface area contributed by atoms with E-state index in [1.165, 1.54) is 17.2 Å². The molecule has 2 heteroatoms. The van der Waals surface area contributed by atoms with Gasteiger partial charge in [-0.15, -0.1) is 0 Å². The SMILES string of the molecule is CCc1ccc(-c2c(F)cccc2OC)cc1CC. The van der Waals surface area contributed by atoms with E-state index < -0.39 is 0 Å². The van der Waals surface area contributed by atoms with Crippen LogP contribution >= 0.6 is 0 Å². The summed E-state index contributed by atoms with van der Waals surface area (Å²) in [5, 5.41) is 0. The lowest BCUT2D eigenvalue weighted by Crippen LogP contribution is -1.95. The Bertz CT molecular complexity index is 575. The van der Waals surface area contributed by atoms with Gasteiger partial charge in [0.1, 0.15) is 11.6 Å². The fraction of sp³-hybridized carbons (Fsp3) is 0.294. The molecular weight excluding hydrogens is 239 g/mol. The van der Waals surface area contributed by atoms with Crippen molar-refractivity contribution in [1.29, 1.82) is 0 Å². The number of benzene rings is 2. The minimum Gasteiger partial charge on any atom is -0.496 e. The Morgan fingerprint density at radius 3 is 2.37 bits per heavy atom. The van der Waals surface area contributed by atoms with Gasteiger partial charge in [0, 0.05) is 0 Å². The number of halogens is 1. The summed E-state index contributed by atoms with van der Waals surface area (Å²) in [5.41, 5.74) is 4.01. The maximum atomic E-state index is 14.1. The molecule has 1 nitrogen and oxygen atoms in total. The molecule has 0 aliphatic carbocycles. The highest BCUT2D eigenvalue weighted by Crippen LogP contribution is 2.33. The van der Waals surface area contributed by atoms with Gasteiger partial charge in [-0.1, -0.05) is 38.1 Å². The molecule has 0 bridgehead atoms. The summed E-state index contributed by atoms with van der Waals surface area (Å²) in [6.07, 6.45) is 1.95. The Morgan fingerprint density at radius 2 is 1.74 bits per heavy atom. The van der Waals surface area contributed by atoms with E-state index in [-0.39, 0.29) is 5.82 Å². The number of ether oxygens (including phenoxy) is 1. The van der Waals surface area contributed by atoms with Gasteiger partial charge in [0.05, 0.1) is 12.7 Å². The fourth-order valence-corrected chi connectivity index (χ4v) is 2.41. The second-order valence-corrected chi connectivity index (χ2v) is 4.51. The Labute approximate surface area is 114 Å². The summed E-state index contributed by atoms with van der Waals surface area (Å²) in [6, 6.07) is 11.0. The van der Waals surface area contributed by atoms with Crippen LogP contribution in [0.1, 0.15) is 25.0 Å². The first kappa shape index (κ1) is 13.6. The van der Waals surface area contributed by atoms with E-state index in [4.69, 9.17) is 4.74 Å². The first-order valence-corrected chi connectivity index (χ1v) is 6.65. The lowest BCUT2D eigenvalue weighted by molar-refractivity contribution is 0.413. The van der Waals surface area contributed by atoms with E-state index in [0.717, 1.165) is 18.4 Å². The zero-order valence-electron chi connectivity index (χ0n) is 11.7. The number of hydrogen-bond donors (Lipinski definition) is 0. The normalized spacial score (nSPS) is 10.5. The Kier molecular flexibility index (Phi) is 4.20. The summed E-state index contributed by atoms with van der Waals surface area (Å²) in [4.78, 5) is 0. The maximum Gasteiger partial charge on any atom is 0.134 e. The molecule has 0 aromatic heterocycles. The molecule has 19 heavy (non-hydrogen) atoms. The topological polar surface area (TPSA) is 9.23 Å². The predicted octanol–water partition coefficient (Wildman–Crippen LogP) is 4.63. The van der Waals surface area contributed by atoms with Crippen molar-refractivity contribution in [3.8, 4) is 16.9 Å². The quantitative estimate of drug-likeness (QED) is 0.777. The van der Waals surface area contributed by atoms with Gasteiger partial charge >= 0.3 is 0 Å². The van der Waals surface area contributed by atoms with Crippen molar-refractivity contribution in [2.75, 3.05) is 7.11 Å². The van der Waals surface area contributed by atoms with Crippen LogP contribution in [-0.2, 0) is 12.8 Å². The van der Waals surface area contributed by atoms with Crippen LogP contribution in [0.2, 0.25) is 0 Å². The standard InChI is InChI=1S/C17H19FO/c1-4-12-9-10-14(11-13(12)5-2)17-15(18)7-6-8-16(17)19-3/h6-11H,4-5H2,1-3H3. The van der Waals surface area contributed by atoms with Crippen LogP contribution in [0, 0.1) is 5.82 Å². The zero-order valence-corrected chi connectivity index (χ0v) is 11.7. The molecular formula is C17H19FO. The number of aryl methyl sites for hydroxylation is 2. The van der Waals surface area contributed by atoms with Crippen LogP contribution < -0.4 is 4.74 Å². The van der Waals surface area contributed by atoms with Gasteiger partial charge in [0.25, 0.3) is 0 Å². The van der Waals surface area contributed by atoms with E-state index in [0.29, 0.717) is 11.3 Å².